The molecule has 3 nitrogen and oxygen atoms in total. The molecule has 0 radical (unpaired) electrons. The summed E-state index contributed by atoms with van der Waals surface area (Å²) in [5, 5.41) is 2.81. The molecule has 0 aliphatic rings. The lowest BCUT2D eigenvalue weighted by Gasteiger charge is -2.24. The van der Waals surface area contributed by atoms with Crippen LogP contribution in [0.2, 0.25) is 0 Å². The van der Waals surface area contributed by atoms with Crippen LogP contribution >= 0.6 is 0 Å². The molecule has 0 unspecified atom stereocenters. The monoisotopic (exact) mass is 233 g/mol. The number of benzene rings is 1. The fraction of sp³-hybridized carbons (Fsp3) is 0.357. The van der Waals surface area contributed by atoms with Crippen molar-refractivity contribution >= 4 is 5.91 Å². The molecule has 92 valence electrons. The maximum Gasteiger partial charge on any atom is 0.230 e. The lowest BCUT2D eigenvalue weighted by molar-refractivity contribution is -0.125. The summed E-state index contributed by atoms with van der Waals surface area (Å²) in [7, 11) is 1.62. The molecule has 0 saturated carbocycles. The van der Waals surface area contributed by atoms with Crippen molar-refractivity contribution in [2.75, 3.05) is 13.7 Å². The molecule has 1 aromatic rings. The third-order valence-electron chi connectivity index (χ3n) is 2.79. The second-order valence-electron chi connectivity index (χ2n) is 4.35. The lowest BCUT2D eigenvalue weighted by atomic mass is 9.83. The van der Waals surface area contributed by atoms with Gasteiger partial charge in [-0.3, -0.25) is 4.79 Å². The molecular formula is C14H19NO2. The van der Waals surface area contributed by atoms with E-state index in [9.17, 15) is 4.79 Å². The third kappa shape index (κ3) is 3.09. The van der Waals surface area contributed by atoms with E-state index >= 15 is 0 Å². The summed E-state index contributed by atoms with van der Waals surface area (Å²) in [6.45, 7) is 7.86. The molecule has 0 spiro atoms. The van der Waals surface area contributed by atoms with E-state index in [1.807, 2.05) is 38.1 Å². The Morgan fingerprint density at radius 3 is 2.47 bits per heavy atom. The van der Waals surface area contributed by atoms with Crippen LogP contribution in [0.4, 0.5) is 0 Å². The number of nitrogens with one attached hydrogen (secondary N) is 1. The Morgan fingerprint density at radius 2 is 2.00 bits per heavy atom. The predicted octanol–water partition coefficient (Wildman–Crippen LogP) is 2.28. The van der Waals surface area contributed by atoms with E-state index in [4.69, 9.17) is 4.74 Å². The first-order valence-corrected chi connectivity index (χ1v) is 5.56. The number of ether oxygens (including phenoxy) is 1. The van der Waals surface area contributed by atoms with Gasteiger partial charge in [0.15, 0.2) is 0 Å². The second kappa shape index (κ2) is 5.53. The van der Waals surface area contributed by atoms with Crippen LogP contribution in [0.15, 0.2) is 36.9 Å². The molecule has 0 aliphatic heterocycles. The van der Waals surface area contributed by atoms with E-state index in [1.54, 1.807) is 13.2 Å². The van der Waals surface area contributed by atoms with Gasteiger partial charge in [-0.2, -0.15) is 0 Å². The molecule has 0 bridgehead atoms. The Morgan fingerprint density at radius 1 is 1.41 bits per heavy atom. The van der Waals surface area contributed by atoms with Crippen molar-refractivity contribution in [1.82, 2.24) is 5.32 Å². The van der Waals surface area contributed by atoms with Crippen LogP contribution in [0.1, 0.15) is 19.4 Å². The SMILES string of the molecule is C=CCNC(=O)C(C)(C)c1ccc(OC)cc1. The lowest BCUT2D eigenvalue weighted by Crippen LogP contribution is -2.40. The van der Waals surface area contributed by atoms with Gasteiger partial charge in [0.2, 0.25) is 5.91 Å². The number of amides is 1. The van der Waals surface area contributed by atoms with Crippen LogP contribution in [0, 0.1) is 0 Å². The van der Waals surface area contributed by atoms with E-state index < -0.39 is 5.41 Å². The van der Waals surface area contributed by atoms with Gasteiger partial charge < -0.3 is 10.1 Å². The van der Waals surface area contributed by atoms with Crippen LogP contribution in [0.5, 0.6) is 5.75 Å². The van der Waals surface area contributed by atoms with Crippen molar-refractivity contribution in [2.45, 2.75) is 19.3 Å². The summed E-state index contributed by atoms with van der Waals surface area (Å²) in [5.41, 5.74) is 0.398. The highest BCUT2D eigenvalue weighted by Gasteiger charge is 2.29. The summed E-state index contributed by atoms with van der Waals surface area (Å²) in [4.78, 5) is 12.0. The maximum absolute atomic E-state index is 12.0. The Balaban J connectivity index is 2.87. The molecule has 17 heavy (non-hydrogen) atoms. The Bertz CT molecular complexity index is 393. The highest BCUT2D eigenvalue weighted by molar-refractivity contribution is 5.87. The molecule has 1 rings (SSSR count). The highest BCUT2D eigenvalue weighted by atomic mass is 16.5. The molecule has 0 atom stereocenters. The predicted molar refractivity (Wildman–Crippen MR) is 69.2 cm³/mol. The Hall–Kier alpha value is -1.77. The Labute approximate surface area is 102 Å². The fourth-order valence-electron chi connectivity index (χ4n) is 1.52. The van der Waals surface area contributed by atoms with Crippen molar-refractivity contribution in [1.29, 1.82) is 0 Å². The topological polar surface area (TPSA) is 38.3 Å². The molecule has 0 heterocycles. The summed E-state index contributed by atoms with van der Waals surface area (Å²) in [6, 6.07) is 7.54. The van der Waals surface area contributed by atoms with Crippen molar-refractivity contribution in [2.24, 2.45) is 0 Å². The van der Waals surface area contributed by atoms with Gasteiger partial charge in [0.05, 0.1) is 12.5 Å². The zero-order chi connectivity index (χ0) is 12.9. The van der Waals surface area contributed by atoms with E-state index in [2.05, 4.69) is 11.9 Å². The van der Waals surface area contributed by atoms with Crippen molar-refractivity contribution in [3.8, 4) is 5.75 Å². The molecule has 1 amide bonds. The van der Waals surface area contributed by atoms with Gasteiger partial charge >= 0.3 is 0 Å². The highest BCUT2D eigenvalue weighted by Crippen LogP contribution is 2.25. The molecule has 0 aromatic heterocycles. The first kappa shape index (κ1) is 13.3. The van der Waals surface area contributed by atoms with Gasteiger partial charge in [0.1, 0.15) is 5.75 Å². The fourth-order valence-corrected chi connectivity index (χ4v) is 1.52. The maximum atomic E-state index is 12.0. The van der Waals surface area contributed by atoms with Gasteiger partial charge in [-0.05, 0) is 31.5 Å². The molecule has 0 aliphatic carbocycles. The number of carbonyl (C=O) groups is 1. The van der Waals surface area contributed by atoms with E-state index in [-0.39, 0.29) is 5.91 Å². The van der Waals surface area contributed by atoms with Crippen LogP contribution < -0.4 is 10.1 Å². The van der Waals surface area contributed by atoms with Gasteiger partial charge in [-0.1, -0.05) is 18.2 Å². The van der Waals surface area contributed by atoms with E-state index in [1.165, 1.54) is 0 Å². The Kier molecular flexibility index (Phi) is 4.32. The number of hydrogen-bond acceptors (Lipinski definition) is 2. The van der Waals surface area contributed by atoms with Crippen LogP contribution in [0.3, 0.4) is 0 Å². The van der Waals surface area contributed by atoms with E-state index in [0.29, 0.717) is 6.54 Å². The van der Waals surface area contributed by atoms with Crippen molar-refractivity contribution < 1.29 is 9.53 Å². The minimum atomic E-state index is -0.560. The van der Waals surface area contributed by atoms with Crippen LogP contribution in [0.25, 0.3) is 0 Å². The standard InChI is InChI=1S/C14H19NO2/c1-5-10-15-13(16)14(2,3)11-6-8-12(17-4)9-7-11/h5-9H,1,10H2,2-4H3,(H,15,16). The van der Waals surface area contributed by atoms with Crippen molar-refractivity contribution in [3.05, 3.63) is 42.5 Å². The summed E-state index contributed by atoms with van der Waals surface area (Å²) >= 11 is 0. The normalized spacial score (nSPS) is 10.8. The van der Waals surface area contributed by atoms with Gasteiger partial charge in [-0.25, -0.2) is 0 Å². The first-order valence-electron chi connectivity index (χ1n) is 5.56. The molecule has 3 heteroatoms. The van der Waals surface area contributed by atoms with Crippen molar-refractivity contribution in [3.63, 3.8) is 0 Å². The van der Waals surface area contributed by atoms with Crippen LogP contribution in [-0.2, 0) is 10.2 Å². The smallest absolute Gasteiger partial charge is 0.230 e. The number of hydrogen-bond donors (Lipinski definition) is 1. The summed E-state index contributed by atoms with van der Waals surface area (Å²) in [5.74, 6) is 0.776. The summed E-state index contributed by atoms with van der Waals surface area (Å²) < 4.78 is 5.09. The van der Waals surface area contributed by atoms with Gasteiger partial charge in [0.25, 0.3) is 0 Å². The first-order chi connectivity index (χ1) is 8.02. The largest absolute Gasteiger partial charge is 0.497 e. The minimum absolute atomic E-state index is 0.0115. The third-order valence-corrected chi connectivity index (χ3v) is 2.79. The molecule has 1 aromatic carbocycles. The van der Waals surface area contributed by atoms with Gasteiger partial charge in [-0.15, -0.1) is 6.58 Å². The summed E-state index contributed by atoms with van der Waals surface area (Å²) in [6.07, 6.45) is 1.67. The number of methoxy groups -OCH3 is 1. The number of carbonyl (C=O) groups excluding carboxylic acids is 1. The second-order valence-corrected chi connectivity index (χ2v) is 4.35. The van der Waals surface area contributed by atoms with E-state index in [0.717, 1.165) is 11.3 Å². The molecule has 1 N–H and O–H groups in total. The molecule has 0 saturated heterocycles. The van der Waals surface area contributed by atoms with Crippen LogP contribution in [-0.4, -0.2) is 19.6 Å². The zero-order valence-electron chi connectivity index (χ0n) is 10.6. The molecular weight excluding hydrogens is 214 g/mol. The average Bonchev–Trinajstić information content (AvgIpc) is 2.35. The quantitative estimate of drug-likeness (QED) is 0.792. The number of rotatable bonds is 5. The minimum Gasteiger partial charge on any atom is -0.497 e. The molecule has 0 fully saturated rings. The average molecular weight is 233 g/mol. The zero-order valence-corrected chi connectivity index (χ0v) is 10.6. The van der Waals surface area contributed by atoms with Gasteiger partial charge in [0, 0.05) is 6.54 Å².